The van der Waals surface area contributed by atoms with Crippen molar-refractivity contribution in [2.75, 3.05) is 5.32 Å². The Morgan fingerprint density at radius 2 is 1.62 bits per heavy atom. The number of aromatic nitrogens is 3. The minimum absolute atomic E-state index is 0.0656. The molecule has 162 valence electrons. The molecule has 3 aromatic carbocycles. The number of hydrogen-bond acceptors (Lipinski definition) is 4. The van der Waals surface area contributed by atoms with Crippen molar-refractivity contribution in [3.8, 4) is 5.69 Å². The lowest BCUT2D eigenvalue weighted by Gasteiger charge is -2.17. The van der Waals surface area contributed by atoms with Gasteiger partial charge in [-0.2, -0.15) is 13.2 Å². The van der Waals surface area contributed by atoms with Gasteiger partial charge in [0, 0.05) is 11.4 Å². The summed E-state index contributed by atoms with van der Waals surface area (Å²) in [5.74, 6) is -0.469. The van der Waals surface area contributed by atoms with Gasteiger partial charge in [0.1, 0.15) is 11.6 Å². The topological polar surface area (TPSA) is 59.8 Å². The predicted molar refractivity (Wildman–Crippen MR) is 116 cm³/mol. The van der Waals surface area contributed by atoms with Gasteiger partial charge in [0.15, 0.2) is 5.16 Å². The molecule has 0 aliphatic heterocycles. The van der Waals surface area contributed by atoms with Gasteiger partial charge < -0.3 is 5.32 Å². The highest BCUT2D eigenvalue weighted by Gasteiger charge is 2.31. The van der Waals surface area contributed by atoms with Crippen molar-refractivity contribution < 1.29 is 18.0 Å². The Balaban J connectivity index is 1.63. The first-order chi connectivity index (χ1) is 15.4. The van der Waals surface area contributed by atoms with E-state index >= 15 is 0 Å². The Bertz CT molecular complexity index is 1200. The number of amides is 1. The first-order valence-electron chi connectivity index (χ1n) is 9.57. The normalized spacial score (nSPS) is 12.3. The number of carbonyl (C=O) groups excluding carboxylic acids is 1. The number of hydrogen-bond donors (Lipinski definition) is 1. The molecule has 0 spiro atoms. The lowest BCUT2D eigenvalue weighted by Crippen LogP contribution is -2.20. The van der Waals surface area contributed by atoms with Crippen LogP contribution in [0.15, 0.2) is 96.4 Å². The highest BCUT2D eigenvalue weighted by molar-refractivity contribution is 8.00. The monoisotopic (exact) mass is 454 g/mol. The molecular weight excluding hydrogens is 437 g/mol. The first-order valence-corrected chi connectivity index (χ1v) is 10.4. The van der Waals surface area contributed by atoms with Crippen LogP contribution in [0.4, 0.5) is 18.9 Å². The molecule has 1 heterocycles. The zero-order chi connectivity index (χ0) is 22.6. The molecule has 0 saturated heterocycles. The zero-order valence-electron chi connectivity index (χ0n) is 16.5. The molecule has 0 aliphatic carbocycles. The van der Waals surface area contributed by atoms with Crippen molar-refractivity contribution in [2.45, 2.75) is 16.6 Å². The third-order valence-electron chi connectivity index (χ3n) is 4.57. The number of alkyl halides is 3. The van der Waals surface area contributed by atoms with E-state index in [1.807, 2.05) is 36.4 Å². The van der Waals surface area contributed by atoms with Crippen molar-refractivity contribution >= 4 is 23.4 Å². The van der Waals surface area contributed by atoms with Gasteiger partial charge in [-0.1, -0.05) is 66.4 Å². The van der Waals surface area contributed by atoms with E-state index in [-0.39, 0.29) is 5.69 Å². The Labute approximate surface area is 186 Å². The van der Waals surface area contributed by atoms with Gasteiger partial charge >= 0.3 is 6.18 Å². The van der Waals surface area contributed by atoms with Crippen LogP contribution < -0.4 is 5.32 Å². The summed E-state index contributed by atoms with van der Waals surface area (Å²) in [6, 6.07) is 22.9. The molecule has 4 aromatic rings. The van der Waals surface area contributed by atoms with Crippen LogP contribution in [0.1, 0.15) is 16.4 Å². The van der Waals surface area contributed by atoms with E-state index in [0.29, 0.717) is 10.7 Å². The summed E-state index contributed by atoms with van der Waals surface area (Å²) in [5.41, 5.74) is 0.744. The average molecular weight is 454 g/mol. The number of rotatable bonds is 6. The largest absolute Gasteiger partial charge is 0.416 e. The number of benzene rings is 3. The fourth-order valence-corrected chi connectivity index (χ4v) is 4.09. The average Bonchev–Trinajstić information content (AvgIpc) is 3.26. The Hall–Kier alpha value is -3.59. The fourth-order valence-electron chi connectivity index (χ4n) is 3.06. The Kier molecular flexibility index (Phi) is 6.27. The zero-order valence-corrected chi connectivity index (χ0v) is 17.3. The number of nitrogens with one attached hydrogen (secondary N) is 1. The summed E-state index contributed by atoms with van der Waals surface area (Å²) in [7, 11) is 0. The molecular formula is C23H17F3N4OS. The van der Waals surface area contributed by atoms with E-state index in [1.54, 1.807) is 35.2 Å². The molecule has 0 bridgehead atoms. The highest BCUT2D eigenvalue weighted by atomic mass is 32.2. The minimum Gasteiger partial charge on any atom is -0.325 e. The van der Waals surface area contributed by atoms with Crippen LogP contribution in [0.25, 0.3) is 5.69 Å². The van der Waals surface area contributed by atoms with Crippen LogP contribution in [0.2, 0.25) is 0 Å². The first kappa shape index (κ1) is 21.6. The van der Waals surface area contributed by atoms with Crippen LogP contribution in [0.5, 0.6) is 0 Å². The van der Waals surface area contributed by atoms with Crippen molar-refractivity contribution in [3.05, 3.63) is 102 Å². The number of carbonyl (C=O) groups is 1. The lowest BCUT2D eigenvalue weighted by atomic mass is 10.1. The molecule has 9 heteroatoms. The molecule has 0 radical (unpaired) electrons. The lowest BCUT2D eigenvalue weighted by molar-refractivity contribution is -0.137. The van der Waals surface area contributed by atoms with Gasteiger partial charge in [-0.05, 0) is 35.9 Å². The molecule has 32 heavy (non-hydrogen) atoms. The van der Waals surface area contributed by atoms with Gasteiger partial charge in [-0.15, -0.1) is 10.2 Å². The second-order valence-electron chi connectivity index (χ2n) is 6.80. The van der Waals surface area contributed by atoms with Gasteiger partial charge in [0.25, 0.3) is 0 Å². The maximum absolute atomic E-state index is 13.2. The van der Waals surface area contributed by atoms with E-state index < -0.39 is 22.9 Å². The van der Waals surface area contributed by atoms with Crippen LogP contribution in [0.3, 0.4) is 0 Å². The maximum atomic E-state index is 13.2. The smallest absolute Gasteiger partial charge is 0.325 e. The van der Waals surface area contributed by atoms with Crippen molar-refractivity contribution in [1.29, 1.82) is 0 Å². The SMILES string of the molecule is O=C(Nc1cccc(C(F)(F)F)c1)C(Sc1nncn1-c1ccccc1)c1ccccc1. The Morgan fingerprint density at radius 3 is 2.31 bits per heavy atom. The standard InChI is InChI=1S/C23H17F3N4OS/c24-23(25,26)17-10-7-11-18(14-17)28-21(31)20(16-8-3-1-4-9-16)32-22-29-27-15-30(22)19-12-5-2-6-13-19/h1-15,20H,(H,28,31). The summed E-state index contributed by atoms with van der Waals surface area (Å²) < 4.78 is 40.9. The number of para-hydroxylation sites is 1. The number of halogens is 3. The molecule has 0 fully saturated rings. The van der Waals surface area contributed by atoms with Crippen molar-refractivity contribution in [3.63, 3.8) is 0 Å². The fraction of sp³-hybridized carbons (Fsp3) is 0.0870. The Morgan fingerprint density at radius 1 is 0.938 bits per heavy atom. The third-order valence-corrected chi connectivity index (χ3v) is 5.78. The number of anilines is 1. The van der Waals surface area contributed by atoms with E-state index in [0.717, 1.165) is 29.6 Å². The van der Waals surface area contributed by atoms with Crippen LogP contribution in [0, 0.1) is 0 Å². The minimum atomic E-state index is -4.50. The van der Waals surface area contributed by atoms with Crippen molar-refractivity contribution in [2.24, 2.45) is 0 Å². The molecule has 0 saturated carbocycles. The summed E-state index contributed by atoms with van der Waals surface area (Å²) in [6.45, 7) is 0. The molecule has 1 amide bonds. The van der Waals surface area contributed by atoms with E-state index in [4.69, 9.17) is 0 Å². The molecule has 4 rings (SSSR count). The quantitative estimate of drug-likeness (QED) is 0.377. The van der Waals surface area contributed by atoms with Gasteiger partial charge in [-0.25, -0.2) is 0 Å². The number of thioether (sulfide) groups is 1. The number of nitrogens with zero attached hydrogens (tertiary/aromatic N) is 3. The molecule has 5 nitrogen and oxygen atoms in total. The van der Waals surface area contributed by atoms with Gasteiger partial charge in [0.2, 0.25) is 5.91 Å². The molecule has 1 N–H and O–H groups in total. The maximum Gasteiger partial charge on any atom is 0.416 e. The second-order valence-corrected chi connectivity index (χ2v) is 7.87. The summed E-state index contributed by atoms with van der Waals surface area (Å²) in [5, 5.41) is 10.4. The molecule has 1 aromatic heterocycles. The molecule has 0 aliphatic rings. The highest BCUT2D eigenvalue weighted by Crippen LogP contribution is 2.37. The third kappa shape index (κ3) is 5.00. The van der Waals surface area contributed by atoms with Crippen molar-refractivity contribution in [1.82, 2.24) is 14.8 Å². The predicted octanol–water partition coefficient (Wildman–Crippen LogP) is 5.76. The molecule has 1 atom stereocenters. The van der Waals surface area contributed by atoms with Crippen LogP contribution in [-0.2, 0) is 11.0 Å². The van der Waals surface area contributed by atoms with E-state index in [9.17, 15) is 18.0 Å². The van der Waals surface area contributed by atoms with E-state index in [1.165, 1.54) is 12.1 Å². The molecule has 1 unspecified atom stereocenters. The van der Waals surface area contributed by atoms with Crippen LogP contribution in [-0.4, -0.2) is 20.7 Å². The summed E-state index contributed by atoms with van der Waals surface area (Å²) in [4.78, 5) is 13.2. The van der Waals surface area contributed by atoms with Gasteiger partial charge in [-0.3, -0.25) is 9.36 Å². The van der Waals surface area contributed by atoms with Gasteiger partial charge in [0.05, 0.1) is 5.56 Å². The van der Waals surface area contributed by atoms with Crippen LogP contribution >= 0.6 is 11.8 Å². The van der Waals surface area contributed by atoms with E-state index in [2.05, 4.69) is 15.5 Å². The second kappa shape index (κ2) is 9.27. The summed E-state index contributed by atoms with van der Waals surface area (Å²) >= 11 is 1.16. The summed E-state index contributed by atoms with van der Waals surface area (Å²) in [6.07, 6.45) is -2.95.